The Morgan fingerprint density at radius 1 is 1.12 bits per heavy atom. The maximum absolute atomic E-state index is 14.3. The van der Waals surface area contributed by atoms with E-state index in [1.807, 2.05) is 62.7 Å². The van der Waals surface area contributed by atoms with Gasteiger partial charge < -0.3 is 43.2 Å². The number of esters is 1. The van der Waals surface area contributed by atoms with Crippen molar-refractivity contribution in [3.63, 3.8) is 0 Å². The minimum atomic E-state index is -1.34. The molecule has 322 valence electrons. The number of likely N-dealkylation sites (N-methyl/N-ethyl adjacent to an activating group) is 1. The van der Waals surface area contributed by atoms with Gasteiger partial charge in [-0.05, 0) is 104 Å². The van der Waals surface area contributed by atoms with E-state index in [4.69, 9.17) is 35.3 Å². The summed E-state index contributed by atoms with van der Waals surface area (Å²) in [5, 5.41) is 11.8. The van der Waals surface area contributed by atoms with Gasteiger partial charge in [-0.25, -0.2) is 14.8 Å². The van der Waals surface area contributed by atoms with Gasteiger partial charge in [0.2, 0.25) is 0 Å². The largest absolute Gasteiger partial charge is 0.457 e. The number of aliphatic hydroxyl groups is 1. The van der Waals surface area contributed by atoms with Crippen LogP contribution in [0.25, 0.3) is 11.3 Å². The molecular weight excluding hydrogens is 766 g/mol. The molecule has 2 aromatic rings. The molecule has 58 heavy (non-hydrogen) atoms. The van der Waals surface area contributed by atoms with Crippen LogP contribution in [0, 0.1) is 17.8 Å². The number of Topliss-reactive ketones (excluding diaryl/α,β-unsaturated/α-hetero) is 1. The predicted molar refractivity (Wildman–Crippen MR) is 219 cm³/mol. The third-order valence-electron chi connectivity index (χ3n) is 12.6. The number of imidazole rings is 1. The molecule has 0 radical (unpaired) electrons. The number of aliphatic hydroxyl groups excluding tert-OH is 1. The lowest BCUT2D eigenvalue weighted by Crippen LogP contribution is -2.59. The monoisotopic (exact) mass is 829 g/mol. The second kappa shape index (κ2) is 19.3. The highest BCUT2D eigenvalue weighted by Crippen LogP contribution is 2.43. The smallest absolute Gasteiger partial charge is 0.411 e. The summed E-state index contributed by atoms with van der Waals surface area (Å²) in [5.41, 5.74) is -0.902. The zero-order valence-electron chi connectivity index (χ0n) is 35.6. The van der Waals surface area contributed by atoms with E-state index in [9.17, 15) is 19.5 Å². The van der Waals surface area contributed by atoms with Crippen molar-refractivity contribution in [1.82, 2.24) is 24.3 Å². The van der Waals surface area contributed by atoms with Crippen LogP contribution in [-0.4, -0.2) is 129 Å². The van der Waals surface area contributed by atoms with Crippen molar-refractivity contribution < 1.29 is 43.2 Å². The first kappa shape index (κ1) is 45.7. The molecule has 0 aliphatic carbocycles. The molecule has 0 spiro atoms. The van der Waals surface area contributed by atoms with Crippen molar-refractivity contribution in [3.8, 4) is 11.3 Å². The molecule has 2 aromatic heterocycles. The zero-order valence-corrected chi connectivity index (χ0v) is 36.4. The van der Waals surface area contributed by atoms with E-state index in [1.165, 1.54) is 6.92 Å². The Labute approximate surface area is 348 Å². The molecule has 3 aliphatic rings. The minimum absolute atomic E-state index is 0.0100. The third-order valence-corrected chi connectivity index (χ3v) is 12.9. The normalized spacial score (nSPS) is 35.3. The maximum atomic E-state index is 14.3. The van der Waals surface area contributed by atoms with Gasteiger partial charge in [0.05, 0.1) is 35.9 Å². The molecule has 3 aliphatic heterocycles. The molecule has 1 amide bonds. The van der Waals surface area contributed by atoms with Crippen molar-refractivity contribution in [2.75, 3.05) is 27.7 Å². The van der Waals surface area contributed by atoms with Crippen LogP contribution in [0.5, 0.6) is 0 Å². The summed E-state index contributed by atoms with van der Waals surface area (Å²) in [5.74, 6) is -3.16. The lowest BCUT2D eigenvalue weighted by atomic mass is 9.76. The van der Waals surface area contributed by atoms with E-state index in [0.717, 1.165) is 17.7 Å². The van der Waals surface area contributed by atoms with E-state index in [0.29, 0.717) is 56.8 Å². The third kappa shape index (κ3) is 9.63. The number of hydrogen-bond donors (Lipinski definition) is 1. The molecule has 3 fully saturated rings. The number of carbonyl (C=O) groups excluding carboxylic acids is 3. The zero-order chi connectivity index (χ0) is 42.5. The number of pyridine rings is 1. The van der Waals surface area contributed by atoms with Crippen LogP contribution >= 0.6 is 11.6 Å². The lowest BCUT2D eigenvalue weighted by molar-refractivity contribution is -0.295. The predicted octanol–water partition coefficient (Wildman–Crippen LogP) is 6.32. The number of ketones is 1. The summed E-state index contributed by atoms with van der Waals surface area (Å²) in [6.45, 7) is 16.2. The summed E-state index contributed by atoms with van der Waals surface area (Å²) >= 11 is 6.29. The molecule has 0 unspecified atom stereocenters. The van der Waals surface area contributed by atoms with E-state index >= 15 is 0 Å². The number of aryl methyl sites for hydroxylation is 1. The average molecular weight is 830 g/mol. The van der Waals surface area contributed by atoms with E-state index in [1.54, 1.807) is 37.5 Å². The molecule has 15 heteroatoms. The first-order chi connectivity index (χ1) is 27.5. The number of nitrogens with zero attached hydrogens (tertiary/aromatic N) is 5. The van der Waals surface area contributed by atoms with Gasteiger partial charge in [-0.15, -0.1) is 0 Å². The summed E-state index contributed by atoms with van der Waals surface area (Å²) in [6.07, 6.45) is 6.35. The average Bonchev–Trinajstić information content (AvgIpc) is 3.78. The molecule has 14 nitrogen and oxygen atoms in total. The molecule has 5 rings (SSSR count). The second-order valence-corrected chi connectivity index (χ2v) is 17.3. The SMILES string of the molecule is C=C[C@]12OC(=O)N(CCCCn3cnc(-c4cccnc4Cl)c3)[C@@H]1CC[C@H](C)C[C@@](C)(OC)[C@H](O[C@@H]1O[C@H](C)C[C@H](N(C)C)[C@H]1O)[C@@H](C)C(=O)[C@@H](C)C(=O)O[C@@H]2CC. The van der Waals surface area contributed by atoms with E-state index in [2.05, 4.69) is 23.5 Å². The van der Waals surface area contributed by atoms with Crippen LogP contribution in [0.4, 0.5) is 4.79 Å². The van der Waals surface area contributed by atoms with Gasteiger partial charge in [-0.3, -0.25) is 9.59 Å². The van der Waals surface area contributed by atoms with Crippen molar-refractivity contribution in [3.05, 3.63) is 48.7 Å². The van der Waals surface area contributed by atoms with Gasteiger partial charge >= 0.3 is 12.1 Å². The number of halogens is 1. The van der Waals surface area contributed by atoms with Gasteiger partial charge in [-0.1, -0.05) is 39.0 Å². The minimum Gasteiger partial charge on any atom is -0.457 e. The Morgan fingerprint density at radius 2 is 1.84 bits per heavy atom. The highest BCUT2D eigenvalue weighted by molar-refractivity contribution is 6.32. The Bertz CT molecular complexity index is 1740. The number of carbonyl (C=O) groups is 3. The van der Waals surface area contributed by atoms with Gasteiger partial charge in [0.25, 0.3) is 0 Å². The number of fused-ring (bicyclic) bond motifs is 1. The molecule has 1 N–H and O–H groups in total. The van der Waals surface area contributed by atoms with Crippen LogP contribution in [-0.2, 0) is 39.8 Å². The van der Waals surface area contributed by atoms with Crippen LogP contribution in [0.2, 0.25) is 5.15 Å². The Morgan fingerprint density at radius 3 is 2.50 bits per heavy atom. The number of ether oxygens (including phenoxy) is 5. The number of rotatable bonds is 12. The van der Waals surface area contributed by atoms with Crippen molar-refractivity contribution in [1.29, 1.82) is 0 Å². The number of cyclic esters (lactones) is 1. The quantitative estimate of drug-likeness (QED) is 0.0837. The Kier molecular flexibility index (Phi) is 15.2. The van der Waals surface area contributed by atoms with E-state index in [-0.39, 0.29) is 18.1 Å². The lowest BCUT2D eigenvalue weighted by Gasteiger charge is -2.47. The fourth-order valence-corrected chi connectivity index (χ4v) is 9.40. The van der Waals surface area contributed by atoms with Gasteiger partial charge in [0.1, 0.15) is 23.3 Å². The fourth-order valence-electron chi connectivity index (χ4n) is 9.18. The van der Waals surface area contributed by atoms with Crippen molar-refractivity contribution in [2.24, 2.45) is 17.8 Å². The van der Waals surface area contributed by atoms with Gasteiger partial charge in [0.15, 0.2) is 17.7 Å². The summed E-state index contributed by atoms with van der Waals surface area (Å²) in [7, 11) is 5.39. The number of amides is 1. The number of aromatic nitrogens is 3. The molecule has 0 aromatic carbocycles. The maximum Gasteiger partial charge on any atom is 0.411 e. The van der Waals surface area contributed by atoms with Crippen molar-refractivity contribution in [2.45, 2.75) is 147 Å². The highest BCUT2D eigenvalue weighted by atomic mass is 35.5. The molecule has 3 saturated heterocycles. The highest BCUT2D eigenvalue weighted by Gasteiger charge is 2.58. The summed E-state index contributed by atoms with van der Waals surface area (Å²) in [6, 6.07) is 2.96. The van der Waals surface area contributed by atoms with Crippen LogP contribution in [0.3, 0.4) is 0 Å². The van der Waals surface area contributed by atoms with Crippen molar-refractivity contribution >= 4 is 29.4 Å². The topological polar surface area (TPSA) is 155 Å². The number of hydrogen-bond acceptors (Lipinski definition) is 12. The molecular formula is C43H64ClN5O9. The summed E-state index contributed by atoms with van der Waals surface area (Å²) < 4.78 is 33.5. The second-order valence-electron chi connectivity index (χ2n) is 17.0. The molecule has 0 bridgehead atoms. The Hall–Kier alpha value is -3.40. The first-order valence-electron chi connectivity index (χ1n) is 20.7. The van der Waals surface area contributed by atoms with E-state index < -0.39 is 71.5 Å². The van der Waals surface area contributed by atoms with Crippen LogP contribution in [0.1, 0.15) is 86.5 Å². The van der Waals surface area contributed by atoms with Gasteiger partial charge in [-0.2, -0.15) is 0 Å². The van der Waals surface area contributed by atoms with Crippen LogP contribution < -0.4 is 0 Å². The van der Waals surface area contributed by atoms with Gasteiger partial charge in [0, 0.05) is 50.1 Å². The molecule has 12 atom stereocenters. The molecule has 0 saturated carbocycles. The fraction of sp³-hybridized carbons (Fsp3) is 0.698. The standard InChI is InChI=1S/C43H64ClN5O9/c1-11-34-43(12-2)33(49(41(53)58-43)21-14-13-20-48-24-31(46-25-48)30-16-15-19-45-38(30)44)18-17-26(3)23-42(7,54-10)37(28(5)35(50)29(6)39(52)56-34)57-40-36(51)32(47(8)9)22-27(4)55-40/h12,15-16,19,24-29,32-34,36-37,40,51H,2,11,13-14,17-18,20-23H2,1,3-10H3/t26-,27+,28-,29+,32-,33+,34+,36+,37+,40-,42+,43-/m0/s1. The summed E-state index contributed by atoms with van der Waals surface area (Å²) in [4.78, 5) is 54.5. The van der Waals surface area contributed by atoms with Crippen LogP contribution in [0.15, 0.2) is 43.5 Å². The first-order valence-corrected chi connectivity index (χ1v) is 21.1. The Balaban J connectivity index is 1.39. The number of methoxy groups -OCH3 is 1. The molecule has 5 heterocycles. The number of unbranched alkanes of at least 4 members (excludes halogenated alkanes) is 1.